The number of rotatable bonds is 5. The minimum absolute atomic E-state index is 0.114. The van der Waals surface area contributed by atoms with Crippen LogP contribution in [0.25, 0.3) is 11.5 Å². The van der Waals surface area contributed by atoms with Crippen LogP contribution in [0.3, 0.4) is 0 Å². The van der Waals surface area contributed by atoms with Gasteiger partial charge in [0.1, 0.15) is 17.4 Å². The van der Waals surface area contributed by atoms with E-state index in [2.05, 4.69) is 15.5 Å². The standard InChI is InChI=1S/C17H13F2N3O3/c1-10-21-22-17(25-10)11-2-5-13(6-3-11)24-9-16(23)20-15-7-4-12(18)8-14(15)19/h2-8H,9H2,1H3,(H,20,23). The van der Waals surface area contributed by atoms with Crippen LogP contribution in [0.1, 0.15) is 5.89 Å². The van der Waals surface area contributed by atoms with Gasteiger partial charge in [0.15, 0.2) is 6.61 Å². The van der Waals surface area contributed by atoms with Crippen molar-refractivity contribution in [1.29, 1.82) is 0 Å². The first-order valence-corrected chi connectivity index (χ1v) is 7.29. The minimum Gasteiger partial charge on any atom is -0.484 e. The summed E-state index contributed by atoms with van der Waals surface area (Å²) in [6.07, 6.45) is 0. The zero-order chi connectivity index (χ0) is 17.8. The third kappa shape index (κ3) is 4.17. The summed E-state index contributed by atoms with van der Waals surface area (Å²) in [6, 6.07) is 9.58. The Morgan fingerprint density at radius 1 is 1.16 bits per heavy atom. The van der Waals surface area contributed by atoms with Crippen LogP contribution in [-0.4, -0.2) is 22.7 Å². The Balaban J connectivity index is 1.57. The van der Waals surface area contributed by atoms with Crippen molar-refractivity contribution in [3.8, 4) is 17.2 Å². The number of carbonyl (C=O) groups excluding carboxylic acids is 1. The number of ether oxygens (including phenoxy) is 1. The quantitative estimate of drug-likeness (QED) is 0.767. The number of anilines is 1. The molecular weight excluding hydrogens is 332 g/mol. The summed E-state index contributed by atoms with van der Waals surface area (Å²) in [5, 5.41) is 9.95. The van der Waals surface area contributed by atoms with Gasteiger partial charge in [-0.25, -0.2) is 8.78 Å². The van der Waals surface area contributed by atoms with Crippen LogP contribution < -0.4 is 10.1 Å². The highest BCUT2D eigenvalue weighted by atomic mass is 19.1. The van der Waals surface area contributed by atoms with Crippen molar-refractivity contribution in [1.82, 2.24) is 10.2 Å². The Morgan fingerprint density at radius 2 is 1.92 bits per heavy atom. The maximum atomic E-state index is 13.5. The number of hydrogen-bond donors (Lipinski definition) is 1. The van der Waals surface area contributed by atoms with Gasteiger partial charge >= 0.3 is 0 Å². The molecular formula is C17H13F2N3O3. The second-order valence-electron chi connectivity index (χ2n) is 5.11. The molecule has 0 radical (unpaired) electrons. The number of amides is 1. The van der Waals surface area contributed by atoms with Gasteiger partial charge in [0.2, 0.25) is 11.8 Å². The summed E-state index contributed by atoms with van der Waals surface area (Å²) in [4.78, 5) is 11.8. The number of nitrogens with one attached hydrogen (secondary N) is 1. The molecule has 128 valence electrons. The van der Waals surface area contributed by atoms with Crippen molar-refractivity contribution in [3.05, 3.63) is 60.0 Å². The molecule has 0 bridgehead atoms. The number of benzene rings is 2. The lowest BCUT2D eigenvalue weighted by Crippen LogP contribution is -2.20. The van der Waals surface area contributed by atoms with Crippen molar-refractivity contribution in [2.24, 2.45) is 0 Å². The van der Waals surface area contributed by atoms with Gasteiger partial charge in [-0.15, -0.1) is 10.2 Å². The number of carbonyl (C=O) groups is 1. The molecule has 1 aromatic heterocycles. The van der Waals surface area contributed by atoms with E-state index < -0.39 is 17.5 Å². The van der Waals surface area contributed by atoms with Gasteiger partial charge in [-0.3, -0.25) is 4.79 Å². The summed E-state index contributed by atoms with van der Waals surface area (Å²) < 4.78 is 36.9. The minimum atomic E-state index is -0.854. The number of aryl methyl sites for hydroxylation is 1. The van der Waals surface area contributed by atoms with Crippen molar-refractivity contribution in [2.45, 2.75) is 6.92 Å². The third-order valence-electron chi connectivity index (χ3n) is 3.20. The first-order chi connectivity index (χ1) is 12.0. The highest BCUT2D eigenvalue weighted by molar-refractivity contribution is 5.91. The van der Waals surface area contributed by atoms with E-state index in [1.165, 1.54) is 0 Å². The molecule has 1 heterocycles. The van der Waals surface area contributed by atoms with E-state index in [1.54, 1.807) is 31.2 Å². The van der Waals surface area contributed by atoms with E-state index in [4.69, 9.17) is 9.15 Å². The molecule has 1 amide bonds. The maximum Gasteiger partial charge on any atom is 0.262 e. The van der Waals surface area contributed by atoms with E-state index in [0.717, 1.165) is 12.1 Å². The Morgan fingerprint density at radius 3 is 2.56 bits per heavy atom. The Kier molecular flexibility index (Phi) is 4.69. The number of hydrogen-bond acceptors (Lipinski definition) is 5. The molecule has 0 saturated carbocycles. The Labute approximate surface area is 141 Å². The third-order valence-corrected chi connectivity index (χ3v) is 3.20. The molecule has 0 aliphatic heterocycles. The average Bonchev–Trinajstić information content (AvgIpc) is 3.02. The van der Waals surface area contributed by atoms with Crippen molar-refractivity contribution < 1.29 is 22.7 Å². The molecule has 0 fully saturated rings. The smallest absolute Gasteiger partial charge is 0.262 e. The van der Waals surface area contributed by atoms with E-state index >= 15 is 0 Å². The van der Waals surface area contributed by atoms with Crippen LogP contribution in [0.15, 0.2) is 46.9 Å². The van der Waals surface area contributed by atoms with E-state index in [9.17, 15) is 13.6 Å². The summed E-state index contributed by atoms with van der Waals surface area (Å²) >= 11 is 0. The molecule has 0 spiro atoms. The van der Waals surface area contributed by atoms with Gasteiger partial charge in [-0.05, 0) is 36.4 Å². The first kappa shape index (κ1) is 16.6. The van der Waals surface area contributed by atoms with Gasteiger partial charge in [-0.2, -0.15) is 0 Å². The maximum absolute atomic E-state index is 13.5. The lowest BCUT2D eigenvalue weighted by atomic mass is 10.2. The van der Waals surface area contributed by atoms with Crippen molar-refractivity contribution >= 4 is 11.6 Å². The molecule has 8 heteroatoms. The number of halogens is 2. The fraction of sp³-hybridized carbons (Fsp3) is 0.118. The number of aromatic nitrogens is 2. The van der Waals surface area contributed by atoms with Gasteiger partial charge in [0.05, 0.1) is 5.69 Å². The molecule has 0 aliphatic rings. The predicted molar refractivity (Wildman–Crippen MR) is 85.0 cm³/mol. The highest BCUT2D eigenvalue weighted by Gasteiger charge is 2.10. The fourth-order valence-corrected chi connectivity index (χ4v) is 2.03. The van der Waals surface area contributed by atoms with Gasteiger partial charge in [-0.1, -0.05) is 0 Å². The molecule has 0 atom stereocenters. The lowest BCUT2D eigenvalue weighted by Gasteiger charge is -2.08. The highest BCUT2D eigenvalue weighted by Crippen LogP contribution is 2.21. The van der Waals surface area contributed by atoms with E-state index in [0.29, 0.717) is 29.2 Å². The molecule has 3 aromatic rings. The summed E-state index contributed by atoms with van der Waals surface area (Å²) in [7, 11) is 0. The molecule has 2 aromatic carbocycles. The van der Waals surface area contributed by atoms with Gasteiger partial charge in [0, 0.05) is 18.6 Å². The second-order valence-corrected chi connectivity index (χ2v) is 5.11. The summed E-state index contributed by atoms with van der Waals surface area (Å²) in [5.41, 5.74) is 0.600. The van der Waals surface area contributed by atoms with Crippen LogP contribution in [0, 0.1) is 18.6 Å². The SMILES string of the molecule is Cc1nnc(-c2ccc(OCC(=O)Nc3ccc(F)cc3F)cc2)o1. The topological polar surface area (TPSA) is 77.2 Å². The van der Waals surface area contributed by atoms with E-state index in [-0.39, 0.29) is 12.3 Å². The Hall–Kier alpha value is -3.29. The molecule has 0 aliphatic carbocycles. The normalized spacial score (nSPS) is 10.5. The van der Waals surface area contributed by atoms with Crippen molar-refractivity contribution in [3.63, 3.8) is 0 Å². The monoisotopic (exact) mass is 345 g/mol. The van der Waals surface area contributed by atoms with Crippen LogP contribution >= 0.6 is 0 Å². The average molecular weight is 345 g/mol. The van der Waals surface area contributed by atoms with Crippen LogP contribution in [0.4, 0.5) is 14.5 Å². The van der Waals surface area contributed by atoms with Crippen LogP contribution in [0.5, 0.6) is 5.75 Å². The van der Waals surface area contributed by atoms with Gasteiger partial charge in [0.25, 0.3) is 5.91 Å². The fourth-order valence-electron chi connectivity index (χ4n) is 2.03. The lowest BCUT2D eigenvalue weighted by molar-refractivity contribution is -0.118. The molecule has 1 N–H and O–H groups in total. The van der Waals surface area contributed by atoms with Gasteiger partial charge < -0.3 is 14.5 Å². The zero-order valence-corrected chi connectivity index (χ0v) is 13.1. The molecule has 3 rings (SSSR count). The summed E-state index contributed by atoms with van der Waals surface area (Å²) in [6.45, 7) is 1.37. The van der Waals surface area contributed by atoms with Crippen LogP contribution in [-0.2, 0) is 4.79 Å². The molecule has 25 heavy (non-hydrogen) atoms. The predicted octanol–water partition coefficient (Wildman–Crippen LogP) is 3.34. The molecule has 0 unspecified atom stereocenters. The van der Waals surface area contributed by atoms with Crippen LogP contribution in [0.2, 0.25) is 0 Å². The second kappa shape index (κ2) is 7.08. The largest absolute Gasteiger partial charge is 0.484 e. The van der Waals surface area contributed by atoms with E-state index in [1.807, 2.05) is 0 Å². The number of nitrogens with zero attached hydrogens (tertiary/aromatic N) is 2. The molecule has 0 saturated heterocycles. The Bertz CT molecular complexity index is 894. The van der Waals surface area contributed by atoms with Crippen molar-refractivity contribution in [2.75, 3.05) is 11.9 Å². The summed E-state index contributed by atoms with van der Waals surface area (Å²) in [5.74, 6) is -0.860. The zero-order valence-electron chi connectivity index (χ0n) is 13.1. The first-order valence-electron chi connectivity index (χ1n) is 7.29. The molecule has 6 nitrogen and oxygen atoms in total.